The highest BCUT2D eigenvalue weighted by Crippen LogP contribution is 2.27. The Morgan fingerprint density at radius 1 is 1.48 bits per heavy atom. The van der Waals surface area contributed by atoms with Gasteiger partial charge in [-0.25, -0.2) is 0 Å². The summed E-state index contributed by atoms with van der Waals surface area (Å²) in [5.41, 5.74) is 0.954. The predicted molar refractivity (Wildman–Crippen MR) is 102 cm³/mol. The van der Waals surface area contributed by atoms with Gasteiger partial charge in [-0.15, -0.1) is 0 Å². The highest BCUT2D eigenvalue weighted by atomic mass is 35.5. The molecule has 0 saturated carbocycles. The average molecular weight is 367 g/mol. The molecule has 0 aliphatic carbocycles. The van der Waals surface area contributed by atoms with E-state index in [9.17, 15) is 5.11 Å². The molecule has 1 aromatic rings. The molecule has 1 unspecified atom stereocenters. The summed E-state index contributed by atoms with van der Waals surface area (Å²) in [4.78, 5) is 7.00. The van der Waals surface area contributed by atoms with Gasteiger partial charge in [0.05, 0.1) is 31.8 Å². The Labute approximate surface area is 154 Å². The number of aliphatic imine (C=N–C) groups is 1. The Bertz CT molecular complexity index is 601. The highest BCUT2D eigenvalue weighted by molar-refractivity contribution is 6.30. The first-order chi connectivity index (χ1) is 12.1. The zero-order chi connectivity index (χ0) is 17.7. The molecular weight excluding hydrogens is 340 g/mol. The average Bonchev–Trinajstić information content (AvgIpc) is 3.03. The minimum atomic E-state index is -0.204. The minimum absolute atomic E-state index is 0.113. The molecule has 2 aliphatic rings. The molecule has 0 spiro atoms. The Hall–Kier alpha value is -1.50. The summed E-state index contributed by atoms with van der Waals surface area (Å²) in [6.07, 6.45) is 1.05. The fourth-order valence-corrected chi connectivity index (χ4v) is 3.35. The van der Waals surface area contributed by atoms with Crippen molar-refractivity contribution >= 4 is 23.2 Å². The van der Waals surface area contributed by atoms with Crippen molar-refractivity contribution in [1.82, 2.24) is 10.6 Å². The van der Waals surface area contributed by atoms with Crippen LogP contribution in [0.25, 0.3) is 0 Å². The third kappa shape index (κ3) is 4.57. The Morgan fingerprint density at radius 3 is 2.96 bits per heavy atom. The SMILES string of the molecule is CCNC(=NCC1(CO)COC1)NC1CCN(c2cccc(Cl)c2)C1. The number of rotatable bonds is 6. The molecule has 138 valence electrons. The van der Waals surface area contributed by atoms with Crippen LogP contribution in [0.2, 0.25) is 5.02 Å². The third-order valence-corrected chi connectivity index (χ3v) is 5.01. The van der Waals surface area contributed by atoms with Crippen molar-refractivity contribution in [2.75, 3.05) is 50.9 Å². The zero-order valence-corrected chi connectivity index (χ0v) is 15.4. The van der Waals surface area contributed by atoms with Gasteiger partial charge in [-0.1, -0.05) is 17.7 Å². The minimum Gasteiger partial charge on any atom is -0.396 e. The second-order valence-corrected chi connectivity index (χ2v) is 7.34. The molecule has 2 saturated heterocycles. The van der Waals surface area contributed by atoms with Gasteiger partial charge in [-0.2, -0.15) is 0 Å². The van der Waals surface area contributed by atoms with E-state index in [4.69, 9.17) is 16.3 Å². The van der Waals surface area contributed by atoms with Crippen LogP contribution in [0.1, 0.15) is 13.3 Å². The fraction of sp³-hybridized carbons (Fsp3) is 0.611. The molecule has 3 N–H and O–H groups in total. The second-order valence-electron chi connectivity index (χ2n) is 6.90. The number of benzene rings is 1. The van der Waals surface area contributed by atoms with Gasteiger partial charge in [-0.05, 0) is 31.5 Å². The topological polar surface area (TPSA) is 69.1 Å². The second kappa shape index (κ2) is 8.25. The van der Waals surface area contributed by atoms with Crippen LogP contribution in [0.4, 0.5) is 5.69 Å². The third-order valence-electron chi connectivity index (χ3n) is 4.77. The summed E-state index contributed by atoms with van der Waals surface area (Å²) in [7, 11) is 0. The molecule has 3 rings (SSSR count). The molecule has 6 nitrogen and oxygen atoms in total. The van der Waals surface area contributed by atoms with E-state index in [1.807, 2.05) is 18.2 Å². The maximum atomic E-state index is 9.54. The lowest BCUT2D eigenvalue weighted by Crippen LogP contribution is -2.50. The van der Waals surface area contributed by atoms with Gasteiger partial charge in [0.2, 0.25) is 0 Å². The molecular formula is C18H27ClN4O2. The lowest BCUT2D eigenvalue weighted by molar-refractivity contribution is -0.130. The zero-order valence-electron chi connectivity index (χ0n) is 14.7. The smallest absolute Gasteiger partial charge is 0.191 e. The van der Waals surface area contributed by atoms with Crippen molar-refractivity contribution < 1.29 is 9.84 Å². The molecule has 2 heterocycles. The quantitative estimate of drug-likeness (QED) is 0.525. The first kappa shape index (κ1) is 18.3. The van der Waals surface area contributed by atoms with Gasteiger partial charge >= 0.3 is 0 Å². The number of aliphatic hydroxyl groups excluding tert-OH is 1. The van der Waals surface area contributed by atoms with Crippen molar-refractivity contribution in [1.29, 1.82) is 0 Å². The summed E-state index contributed by atoms with van der Waals surface area (Å²) >= 11 is 6.10. The van der Waals surface area contributed by atoms with E-state index in [2.05, 4.69) is 33.5 Å². The van der Waals surface area contributed by atoms with Gasteiger partial charge < -0.3 is 25.4 Å². The number of ether oxygens (including phenoxy) is 1. The number of nitrogens with one attached hydrogen (secondary N) is 2. The van der Waals surface area contributed by atoms with E-state index in [1.165, 1.54) is 0 Å². The van der Waals surface area contributed by atoms with Gasteiger partial charge in [0.1, 0.15) is 0 Å². The van der Waals surface area contributed by atoms with Crippen LogP contribution in [0.15, 0.2) is 29.3 Å². The van der Waals surface area contributed by atoms with Crippen LogP contribution >= 0.6 is 11.6 Å². The summed E-state index contributed by atoms with van der Waals surface area (Å²) in [6, 6.07) is 8.31. The molecule has 0 amide bonds. The fourth-order valence-electron chi connectivity index (χ4n) is 3.17. The monoisotopic (exact) mass is 366 g/mol. The standard InChI is InChI=1S/C18H27ClN4O2/c1-2-20-17(21-10-18(11-24)12-25-13-18)22-15-6-7-23(9-15)16-5-3-4-14(19)8-16/h3-5,8,15,24H,2,6-7,9-13H2,1H3,(H2,20,21,22). The van der Waals surface area contributed by atoms with Crippen molar-refractivity contribution in [3.8, 4) is 0 Å². The molecule has 1 aromatic carbocycles. The van der Waals surface area contributed by atoms with E-state index in [-0.39, 0.29) is 12.0 Å². The Kier molecular flexibility index (Phi) is 6.04. The molecule has 0 bridgehead atoms. The normalized spacial score (nSPS) is 22.6. The van der Waals surface area contributed by atoms with Crippen molar-refractivity contribution in [3.05, 3.63) is 29.3 Å². The maximum Gasteiger partial charge on any atom is 0.191 e. The number of guanidine groups is 1. The number of nitrogens with zero attached hydrogens (tertiary/aromatic N) is 2. The summed E-state index contributed by atoms with van der Waals surface area (Å²) in [6.45, 7) is 6.62. The molecule has 1 atom stereocenters. The van der Waals surface area contributed by atoms with Crippen LogP contribution in [0.3, 0.4) is 0 Å². The van der Waals surface area contributed by atoms with Crippen LogP contribution < -0.4 is 15.5 Å². The molecule has 0 radical (unpaired) electrons. The van der Waals surface area contributed by atoms with Gasteiger partial charge in [0, 0.05) is 36.4 Å². The molecule has 25 heavy (non-hydrogen) atoms. The van der Waals surface area contributed by atoms with Crippen molar-refractivity contribution in [3.63, 3.8) is 0 Å². The van der Waals surface area contributed by atoms with Crippen LogP contribution in [-0.4, -0.2) is 63.1 Å². The number of hydrogen-bond donors (Lipinski definition) is 3. The van der Waals surface area contributed by atoms with Crippen LogP contribution in [0.5, 0.6) is 0 Å². The number of aliphatic hydroxyl groups is 1. The molecule has 0 aromatic heterocycles. The van der Waals surface area contributed by atoms with E-state index >= 15 is 0 Å². The maximum absolute atomic E-state index is 9.54. The predicted octanol–water partition coefficient (Wildman–Crippen LogP) is 1.48. The summed E-state index contributed by atoms with van der Waals surface area (Å²) in [5.74, 6) is 0.806. The Morgan fingerprint density at radius 2 is 2.32 bits per heavy atom. The van der Waals surface area contributed by atoms with Crippen LogP contribution in [-0.2, 0) is 4.74 Å². The van der Waals surface area contributed by atoms with Gasteiger partial charge in [0.15, 0.2) is 5.96 Å². The van der Waals surface area contributed by atoms with E-state index in [0.717, 1.165) is 42.7 Å². The molecule has 2 aliphatic heterocycles. The number of hydrogen-bond acceptors (Lipinski definition) is 4. The van der Waals surface area contributed by atoms with Gasteiger partial charge in [0.25, 0.3) is 0 Å². The summed E-state index contributed by atoms with van der Waals surface area (Å²) < 4.78 is 5.24. The van der Waals surface area contributed by atoms with E-state index < -0.39 is 0 Å². The van der Waals surface area contributed by atoms with Crippen molar-refractivity contribution in [2.45, 2.75) is 19.4 Å². The van der Waals surface area contributed by atoms with Crippen LogP contribution in [0, 0.1) is 5.41 Å². The molecule has 7 heteroatoms. The van der Waals surface area contributed by atoms with Crippen molar-refractivity contribution in [2.24, 2.45) is 10.4 Å². The lowest BCUT2D eigenvalue weighted by Gasteiger charge is -2.38. The lowest BCUT2D eigenvalue weighted by atomic mass is 9.87. The Balaban J connectivity index is 1.57. The first-order valence-electron chi connectivity index (χ1n) is 8.88. The van der Waals surface area contributed by atoms with Gasteiger partial charge in [-0.3, -0.25) is 4.99 Å². The summed E-state index contributed by atoms with van der Waals surface area (Å²) in [5, 5.41) is 17.1. The largest absolute Gasteiger partial charge is 0.396 e. The van der Waals surface area contributed by atoms with E-state index in [1.54, 1.807) is 0 Å². The first-order valence-corrected chi connectivity index (χ1v) is 9.26. The highest BCUT2D eigenvalue weighted by Gasteiger charge is 2.38. The number of halogens is 1. The molecule has 2 fully saturated rings. The van der Waals surface area contributed by atoms with E-state index in [0.29, 0.717) is 25.8 Å². The number of anilines is 1.